The van der Waals surface area contributed by atoms with Crippen molar-refractivity contribution in [2.24, 2.45) is 0 Å². The lowest BCUT2D eigenvalue weighted by molar-refractivity contribution is -0.136. The van der Waals surface area contributed by atoms with Crippen LogP contribution in [-0.2, 0) is 11.0 Å². The third-order valence-corrected chi connectivity index (χ3v) is 4.13. The lowest BCUT2D eigenvalue weighted by Gasteiger charge is -2.15. The number of alkyl halides is 3. The monoisotopic (exact) mass is 413 g/mol. The molecule has 0 fully saturated rings. The Morgan fingerprint density at radius 3 is 2.70 bits per heavy atom. The summed E-state index contributed by atoms with van der Waals surface area (Å²) in [4.78, 5) is 19.6. The van der Waals surface area contributed by atoms with Crippen LogP contribution in [-0.4, -0.2) is 30.7 Å². The zero-order chi connectivity index (χ0) is 21.3. The van der Waals surface area contributed by atoms with Crippen LogP contribution in [0.15, 0.2) is 55.0 Å². The predicted octanol–water partition coefficient (Wildman–Crippen LogP) is 3.91. The van der Waals surface area contributed by atoms with E-state index in [1.807, 2.05) is 6.07 Å². The molecule has 8 nitrogen and oxygen atoms in total. The van der Waals surface area contributed by atoms with Crippen molar-refractivity contribution in [2.45, 2.75) is 13.1 Å². The van der Waals surface area contributed by atoms with Gasteiger partial charge in [-0.05, 0) is 36.4 Å². The highest BCUT2D eigenvalue weighted by Gasteiger charge is 2.34. The fourth-order valence-electron chi connectivity index (χ4n) is 2.88. The average molecular weight is 413 g/mol. The van der Waals surface area contributed by atoms with E-state index in [0.717, 1.165) is 18.5 Å². The Hall–Kier alpha value is -4.02. The van der Waals surface area contributed by atoms with Gasteiger partial charge in [0, 0.05) is 30.6 Å². The van der Waals surface area contributed by atoms with Crippen molar-refractivity contribution in [3.8, 4) is 11.3 Å². The van der Waals surface area contributed by atoms with Gasteiger partial charge < -0.3 is 10.6 Å². The Kier molecular flexibility index (Phi) is 4.78. The van der Waals surface area contributed by atoms with Gasteiger partial charge in [-0.1, -0.05) is 0 Å². The van der Waals surface area contributed by atoms with Crippen molar-refractivity contribution in [2.75, 3.05) is 10.6 Å². The largest absolute Gasteiger partial charge is 0.418 e. The van der Waals surface area contributed by atoms with E-state index in [2.05, 4.69) is 30.8 Å². The lowest BCUT2D eigenvalue weighted by atomic mass is 10.1. The maximum absolute atomic E-state index is 13.4. The molecule has 0 spiro atoms. The van der Waals surface area contributed by atoms with Crippen LogP contribution in [0.25, 0.3) is 16.8 Å². The lowest BCUT2D eigenvalue weighted by Crippen LogP contribution is -2.14. The average Bonchev–Trinajstić information content (AvgIpc) is 3.12. The number of hydrogen-bond acceptors (Lipinski definition) is 6. The minimum atomic E-state index is -4.65. The van der Waals surface area contributed by atoms with Gasteiger partial charge in [0.15, 0.2) is 0 Å². The molecule has 0 atom stereocenters. The van der Waals surface area contributed by atoms with Crippen LogP contribution in [0.4, 0.5) is 30.5 Å². The number of benzene rings is 1. The molecular formula is C19H14F3N7O. The van der Waals surface area contributed by atoms with Gasteiger partial charge >= 0.3 is 6.18 Å². The molecule has 0 saturated heterocycles. The fourth-order valence-corrected chi connectivity index (χ4v) is 2.88. The van der Waals surface area contributed by atoms with Gasteiger partial charge in [-0.15, -0.1) is 0 Å². The van der Waals surface area contributed by atoms with Crippen molar-refractivity contribution in [3.05, 3.63) is 60.6 Å². The molecule has 1 aromatic carbocycles. The Bertz CT molecular complexity index is 1240. The molecule has 4 rings (SSSR count). The van der Waals surface area contributed by atoms with Crippen molar-refractivity contribution < 1.29 is 18.0 Å². The van der Waals surface area contributed by atoms with E-state index in [9.17, 15) is 18.0 Å². The number of nitrogens with one attached hydrogen (secondary N) is 2. The SMILES string of the molecule is CC(=O)Nc1ccc(Nc2nccc(-c3cnn4ncccc34)n2)cc1C(F)(F)F. The standard InChI is InChI=1S/C19H14F3N7O/c1-11(30)26-16-5-4-12(9-14(16)19(20,21)22)27-18-23-8-6-15(28-18)13-10-25-29-17(13)3-2-7-24-29/h2-10H,1H3,(H,26,30)(H,23,27,28). The maximum Gasteiger partial charge on any atom is 0.418 e. The molecule has 11 heteroatoms. The summed E-state index contributed by atoms with van der Waals surface area (Å²) in [7, 11) is 0. The Balaban J connectivity index is 1.67. The number of nitrogens with zero attached hydrogens (tertiary/aromatic N) is 5. The molecule has 0 aliphatic rings. The quantitative estimate of drug-likeness (QED) is 0.527. The number of carbonyl (C=O) groups excluding carboxylic acids is 1. The van der Waals surface area contributed by atoms with E-state index in [4.69, 9.17) is 0 Å². The van der Waals surface area contributed by atoms with E-state index in [0.29, 0.717) is 11.3 Å². The molecular weight excluding hydrogens is 399 g/mol. The molecule has 0 saturated carbocycles. The summed E-state index contributed by atoms with van der Waals surface area (Å²) >= 11 is 0. The Morgan fingerprint density at radius 1 is 1.10 bits per heavy atom. The van der Waals surface area contributed by atoms with E-state index in [1.165, 1.54) is 23.0 Å². The van der Waals surface area contributed by atoms with Crippen molar-refractivity contribution >= 4 is 28.7 Å². The molecule has 3 heterocycles. The summed E-state index contributed by atoms with van der Waals surface area (Å²) in [6.07, 6.45) is 0.0290. The number of halogens is 3. The van der Waals surface area contributed by atoms with E-state index >= 15 is 0 Å². The van der Waals surface area contributed by atoms with Crippen LogP contribution in [0.5, 0.6) is 0 Å². The van der Waals surface area contributed by atoms with Gasteiger partial charge in [0.25, 0.3) is 0 Å². The number of fused-ring (bicyclic) bond motifs is 1. The minimum absolute atomic E-state index is 0.108. The summed E-state index contributed by atoms with van der Waals surface area (Å²) < 4.78 is 41.6. The topological polar surface area (TPSA) is 97.1 Å². The minimum Gasteiger partial charge on any atom is -0.326 e. The van der Waals surface area contributed by atoms with Gasteiger partial charge in [-0.25, -0.2) is 9.97 Å². The first kappa shape index (κ1) is 19.3. The number of carbonyl (C=O) groups is 1. The van der Waals surface area contributed by atoms with E-state index in [-0.39, 0.29) is 17.3 Å². The molecule has 3 aromatic heterocycles. The zero-order valence-corrected chi connectivity index (χ0v) is 15.5. The predicted molar refractivity (Wildman–Crippen MR) is 103 cm³/mol. The molecule has 1 amide bonds. The highest BCUT2D eigenvalue weighted by Crippen LogP contribution is 2.37. The molecule has 0 radical (unpaired) electrons. The Morgan fingerprint density at radius 2 is 1.93 bits per heavy atom. The van der Waals surface area contributed by atoms with E-state index in [1.54, 1.807) is 24.5 Å². The van der Waals surface area contributed by atoms with Crippen LogP contribution < -0.4 is 10.6 Å². The zero-order valence-electron chi connectivity index (χ0n) is 15.5. The van der Waals surface area contributed by atoms with Crippen molar-refractivity contribution in [1.29, 1.82) is 0 Å². The highest BCUT2D eigenvalue weighted by molar-refractivity contribution is 5.90. The first-order valence-corrected chi connectivity index (χ1v) is 8.69. The smallest absolute Gasteiger partial charge is 0.326 e. The second-order valence-electron chi connectivity index (χ2n) is 6.29. The van der Waals surface area contributed by atoms with Crippen LogP contribution in [0.2, 0.25) is 0 Å². The van der Waals surface area contributed by atoms with Crippen LogP contribution in [0, 0.1) is 0 Å². The molecule has 0 unspecified atom stereocenters. The van der Waals surface area contributed by atoms with Crippen molar-refractivity contribution in [3.63, 3.8) is 0 Å². The van der Waals surface area contributed by atoms with Crippen LogP contribution >= 0.6 is 0 Å². The molecule has 0 aliphatic heterocycles. The summed E-state index contributed by atoms with van der Waals surface area (Å²) in [5.74, 6) is -0.490. The second-order valence-corrected chi connectivity index (χ2v) is 6.29. The van der Waals surface area contributed by atoms with Gasteiger partial charge in [0.1, 0.15) is 0 Å². The van der Waals surface area contributed by atoms with E-state index < -0.39 is 17.6 Å². The van der Waals surface area contributed by atoms with Crippen LogP contribution in [0.1, 0.15) is 12.5 Å². The Labute approximate surface area is 167 Å². The third kappa shape index (κ3) is 3.90. The second kappa shape index (κ2) is 7.43. The highest BCUT2D eigenvalue weighted by atomic mass is 19.4. The van der Waals surface area contributed by atoms with Crippen LogP contribution in [0.3, 0.4) is 0 Å². The number of amides is 1. The molecule has 0 bridgehead atoms. The maximum atomic E-state index is 13.4. The summed E-state index contributed by atoms with van der Waals surface area (Å²) in [5.41, 5.74) is 0.768. The molecule has 0 aliphatic carbocycles. The third-order valence-electron chi connectivity index (χ3n) is 4.13. The molecule has 2 N–H and O–H groups in total. The van der Waals surface area contributed by atoms with Gasteiger partial charge in [0.2, 0.25) is 11.9 Å². The number of rotatable bonds is 4. The fraction of sp³-hybridized carbons (Fsp3) is 0.105. The van der Waals surface area contributed by atoms with Gasteiger partial charge in [-0.2, -0.15) is 28.0 Å². The molecule has 30 heavy (non-hydrogen) atoms. The molecule has 152 valence electrons. The summed E-state index contributed by atoms with van der Waals surface area (Å²) in [5, 5.41) is 13.2. The first-order valence-electron chi connectivity index (χ1n) is 8.69. The summed E-state index contributed by atoms with van der Waals surface area (Å²) in [6, 6.07) is 8.71. The number of aromatic nitrogens is 5. The first-order chi connectivity index (χ1) is 14.3. The van der Waals surface area contributed by atoms with Gasteiger partial charge in [-0.3, -0.25) is 4.79 Å². The van der Waals surface area contributed by atoms with Crippen molar-refractivity contribution in [1.82, 2.24) is 24.8 Å². The number of anilines is 3. The summed E-state index contributed by atoms with van der Waals surface area (Å²) in [6.45, 7) is 1.14. The molecule has 4 aromatic rings. The number of hydrogen-bond donors (Lipinski definition) is 2. The normalized spacial score (nSPS) is 11.5. The van der Waals surface area contributed by atoms with Gasteiger partial charge in [0.05, 0.1) is 28.7 Å².